The molecule has 1 aromatic heterocycles. The first-order chi connectivity index (χ1) is 15.1. The highest BCUT2D eigenvalue weighted by atomic mass is 16.5. The lowest BCUT2D eigenvalue weighted by Crippen LogP contribution is -2.35. The summed E-state index contributed by atoms with van der Waals surface area (Å²) in [6, 6.07) is 16.8. The van der Waals surface area contributed by atoms with E-state index in [2.05, 4.69) is 4.90 Å². The van der Waals surface area contributed by atoms with Crippen LogP contribution in [0.2, 0.25) is 0 Å². The highest BCUT2D eigenvalue weighted by Gasteiger charge is 2.16. The summed E-state index contributed by atoms with van der Waals surface area (Å²) >= 11 is 0. The van der Waals surface area contributed by atoms with Crippen LogP contribution >= 0.6 is 0 Å². The third-order valence-corrected chi connectivity index (χ3v) is 4.78. The number of nitrogens with zero attached hydrogens (tertiary/aromatic N) is 1. The first-order valence-corrected chi connectivity index (χ1v) is 10.0. The summed E-state index contributed by atoms with van der Waals surface area (Å²) in [6.45, 7) is 1.74. The second-order valence-corrected chi connectivity index (χ2v) is 7.08. The number of hydrogen-bond donors (Lipinski definition) is 1. The Balaban J connectivity index is 1.63. The van der Waals surface area contributed by atoms with Crippen molar-refractivity contribution in [3.63, 3.8) is 0 Å². The van der Waals surface area contributed by atoms with Gasteiger partial charge in [0.1, 0.15) is 30.0 Å². The lowest BCUT2D eigenvalue weighted by atomic mass is 10.1. The molecular formula is C24H29NO6. The first-order valence-electron chi connectivity index (χ1n) is 10.0. The lowest BCUT2D eigenvalue weighted by Gasteiger charge is -2.25. The summed E-state index contributed by atoms with van der Waals surface area (Å²) in [5, 5.41) is 10.6. The van der Waals surface area contributed by atoms with E-state index in [1.807, 2.05) is 54.6 Å². The molecule has 0 bridgehead atoms. The molecule has 2 aromatic carbocycles. The van der Waals surface area contributed by atoms with Gasteiger partial charge in [0, 0.05) is 13.1 Å². The van der Waals surface area contributed by atoms with Crippen molar-refractivity contribution in [2.24, 2.45) is 0 Å². The molecule has 7 heteroatoms. The zero-order valence-electron chi connectivity index (χ0n) is 18.1. The van der Waals surface area contributed by atoms with E-state index < -0.39 is 6.10 Å². The fourth-order valence-corrected chi connectivity index (χ4v) is 3.26. The van der Waals surface area contributed by atoms with Gasteiger partial charge in [-0.2, -0.15) is 0 Å². The molecule has 3 aromatic rings. The van der Waals surface area contributed by atoms with E-state index in [1.165, 1.54) is 0 Å². The van der Waals surface area contributed by atoms with Crippen LogP contribution in [0.25, 0.3) is 0 Å². The van der Waals surface area contributed by atoms with Gasteiger partial charge in [-0.15, -0.1) is 0 Å². The van der Waals surface area contributed by atoms with Gasteiger partial charge >= 0.3 is 0 Å². The third kappa shape index (κ3) is 6.67. The number of furan rings is 1. The molecule has 0 radical (unpaired) electrons. The van der Waals surface area contributed by atoms with Gasteiger partial charge in [-0.3, -0.25) is 4.90 Å². The molecule has 0 amide bonds. The molecule has 1 unspecified atom stereocenters. The molecule has 3 rings (SSSR count). The fraction of sp³-hybridized carbons (Fsp3) is 0.333. The van der Waals surface area contributed by atoms with E-state index in [-0.39, 0.29) is 6.61 Å². The quantitative estimate of drug-likeness (QED) is 0.472. The Labute approximate surface area is 182 Å². The Morgan fingerprint density at radius 2 is 1.61 bits per heavy atom. The maximum Gasteiger partial charge on any atom is 0.161 e. The van der Waals surface area contributed by atoms with Gasteiger partial charge in [0.25, 0.3) is 0 Å². The maximum atomic E-state index is 10.6. The van der Waals surface area contributed by atoms with Gasteiger partial charge in [0.15, 0.2) is 11.5 Å². The zero-order chi connectivity index (χ0) is 22.1. The second-order valence-electron chi connectivity index (χ2n) is 7.08. The normalized spacial score (nSPS) is 11.9. The van der Waals surface area contributed by atoms with Crippen LogP contribution in [-0.2, 0) is 13.1 Å². The van der Waals surface area contributed by atoms with Crippen LogP contribution in [0.3, 0.4) is 0 Å². The second kappa shape index (κ2) is 11.3. The molecule has 0 aliphatic heterocycles. The van der Waals surface area contributed by atoms with E-state index >= 15 is 0 Å². The summed E-state index contributed by atoms with van der Waals surface area (Å²) < 4.78 is 27.1. The standard InChI is InChI=1S/C24H29NO6/c1-27-20-7-9-21(10-8-20)31-17-19(26)15-25(16-22-5-4-12-30-22)14-18-6-11-23(28-2)24(13-18)29-3/h4-13,19,26H,14-17H2,1-3H3. The summed E-state index contributed by atoms with van der Waals surface area (Å²) in [6.07, 6.45) is 0.963. The smallest absolute Gasteiger partial charge is 0.161 e. The first kappa shape index (κ1) is 22.5. The fourth-order valence-electron chi connectivity index (χ4n) is 3.26. The Bertz CT molecular complexity index is 910. The number of benzene rings is 2. The van der Waals surface area contributed by atoms with Gasteiger partial charge in [-0.1, -0.05) is 6.07 Å². The van der Waals surface area contributed by atoms with Gasteiger partial charge in [0.05, 0.1) is 34.1 Å². The summed E-state index contributed by atoms with van der Waals surface area (Å²) in [7, 11) is 4.84. The van der Waals surface area contributed by atoms with Crippen molar-refractivity contribution in [1.82, 2.24) is 4.90 Å². The molecule has 1 N–H and O–H groups in total. The van der Waals surface area contributed by atoms with E-state index in [0.29, 0.717) is 36.9 Å². The van der Waals surface area contributed by atoms with Crippen molar-refractivity contribution in [1.29, 1.82) is 0 Å². The number of ether oxygens (including phenoxy) is 4. The zero-order valence-corrected chi connectivity index (χ0v) is 18.1. The number of rotatable bonds is 12. The van der Waals surface area contributed by atoms with Crippen LogP contribution < -0.4 is 18.9 Å². The minimum atomic E-state index is -0.683. The number of aliphatic hydroxyl groups is 1. The van der Waals surface area contributed by atoms with Gasteiger partial charge < -0.3 is 28.5 Å². The number of hydrogen-bond acceptors (Lipinski definition) is 7. The van der Waals surface area contributed by atoms with Crippen molar-refractivity contribution >= 4 is 0 Å². The Morgan fingerprint density at radius 3 is 2.26 bits per heavy atom. The van der Waals surface area contributed by atoms with Gasteiger partial charge in [-0.05, 0) is 54.1 Å². The summed E-state index contributed by atoms with van der Waals surface area (Å²) in [4.78, 5) is 2.10. The van der Waals surface area contributed by atoms with Crippen molar-refractivity contribution in [3.8, 4) is 23.0 Å². The summed E-state index contributed by atoms with van der Waals surface area (Å²) in [5.74, 6) is 3.60. The van der Waals surface area contributed by atoms with E-state index in [0.717, 1.165) is 17.1 Å². The van der Waals surface area contributed by atoms with Crippen LogP contribution in [0.4, 0.5) is 0 Å². The molecule has 0 aliphatic rings. The van der Waals surface area contributed by atoms with Crippen LogP contribution in [-0.4, -0.2) is 50.6 Å². The SMILES string of the molecule is COc1ccc(OCC(O)CN(Cc2ccc(OC)c(OC)c2)Cc2ccco2)cc1. The molecule has 0 saturated carbocycles. The lowest BCUT2D eigenvalue weighted by molar-refractivity contribution is 0.0604. The molecule has 1 heterocycles. The number of methoxy groups -OCH3 is 3. The van der Waals surface area contributed by atoms with Crippen LogP contribution in [0.1, 0.15) is 11.3 Å². The third-order valence-electron chi connectivity index (χ3n) is 4.78. The van der Waals surface area contributed by atoms with E-state index in [1.54, 1.807) is 27.6 Å². The van der Waals surface area contributed by atoms with Crippen LogP contribution in [0.15, 0.2) is 65.3 Å². The molecule has 7 nitrogen and oxygen atoms in total. The van der Waals surface area contributed by atoms with E-state index in [4.69, 9.17) is 23.4 Å². The monoisotopic (exact) mass is 427 g/mol. The maximum absolute atomic E-state index is 10.6. The topological polar surface area (TPSA) is 73.5 Å². The predicted molar refractivity (Wildman–Crippen MR) is 117 cm³/mol. The van der Waals surface area contributed by atoms with Crippen molar-refractivity contribution in [3.05, 3.63) is 72.2 Å². The average Bonchev–Trinajstić information content (AvgIpc) is 3.31. The molecule has 1 atom stereocenters. The predicted octanol–water partition coefficient (Wildman–Crippen LogP) is 3.75. The number of aliphatic hydroxyl groups excluding tert-OH is 1. The van der Waals surface area contributed by atoms with Crippen LogP contribution in [0, 0.1) is 0 Å². The van der Waals surface area contributed by atoms with E-state index in [9.17, 15) is 5.11 Å². The molecular weight excluding hydrogens is 398 g/mol. The minimum Gasteiger partial charge on any atom is -0.497 e. The van der Waals surface area contributed by atoms with Gasteiger partial charge in [-0.25, -0.2) is 0 Å². The molecule has 166 valence electrons. The highest BCUT2D eigenvalue weighted by Crippen LogP contribution is 2.28. The Hall–Kier alpha value is -3.16. The van der Waals surface area contributed by atoms with Crippen LogP contribution in [0.5, 0.6) is 23.0 Å². The Kier molecular flexibility index (Phi) is 8.20. The summed E-state index contributed by atoms with van der Waals surface area (Å²) in [5.41, 5.74) is 1.03. The van der Waals surface area contributed by atoms with Crippen molar-refractivity contribution < 1.29 is 28.5 Å². The molecule has 0 saturated heterocycles. The van der Waals surface area contributed by atoms with Crippen molar-refractivity contribution in [2.45, 2.75) is 19.2 Å². The molecule has 0 aliphatic carbocycles. The Morgan fingerprint density at radius 1 is 0.871 bits per heavy atom. The molecule has 0 spiro atoms. The largest absolute Gasteiger partial charge is 0.497 e. The molecule has 0 fully saturated rings. The molecule has 31 heavy (non-hydrogen) atoms. The average molecular weight is 427 g/mol. The highest BCUT2D eigenvalue weighted by molar-refractivity contribution is 5.42. The van der Waals surface area contributed by atoms with Crippen molar-refractivity contribution in [2.75, 3.05) is 34.5 Å². The minimum absolute atomic E-state index is 0.174. The van der Waals surface area contributed by atoms with Gasteiger partial charge in [0.2, 0.25) is 0 Å².